The van der Waals surface area contributed by atoms with Crippen LogP contribution in [0.4, 0.5) is 0 Å². The topological polar surface area (TPSA) is 47.0 Å². The molecule has 0 aliphatic heterocycles. The molecule has 0 saturated carbocycles. The molecule has 2 aromatic rings. The SMILES string of the molecule is CCCNC(c1cnns1)c1cc(C)c(OC)cc1C. The Labute approximate surface area is 124 Å². The van der Waals surface area contributed by atoms with Crippen molar-refractivity contribution in [3.05, 3.63) is 39.9 Å². The predicted octanol–water partition coefficient (Wildman–Crippen LogP) is 3.25. The van der Waals surface area contributed by atoms with Crippen LogP contribution in [0.25, 0.3) is 0 Å². The molecule has 20 heavy (non-hydrogen) atoms. The number of nitrogens with one attached hydrogen (secondary N) is 1. The van der Waals surface area contributed by atoms with Gasteiger partial charge in [-0.2, -0.15) is 0 Å². The molecular formula is C15H21N3OS. The second kappa shape index (κ2) is 6.81. The third-order valence-electron chi connectivity index (χ3n) is 3.36. The molecule has 0 bridgehead atoms. The Morgan fingerprint density at radius 3 is 2.70 bits per heavy atom. The monoisotopic (exact) mass is 291 g/mol. The van der Waals surface area contributed by atoms with Crippen molar-refractivity contribution in [3.8, 4) is 5.75 Å². The Kier molecular flexibility index (Phi) is 5.09. The van der Waals surface area contributed by atoms with Crippen molar-refractivity contribution in [2.45, 2.75) is 33.2 Å². The summed E-state index contributed by atoms with van der Waals surface area (Å²) < 4.78 is 9.38. The number of hydrogen-bond acceptors (Lipinski definition) is 5. The van der Waals surface area contributed by atoms with E-state index < -0.39 is 0 Å². The summed E-state index contributed by atoms with van der Waals surface area (Å²) in [6.45, 7) is 7.32. The van der Waals surface area contributed by atoms with E-state index in [2.05, 4.69) is 47.8 Å². The zero-order valence-corrected chi connectivity index (χ0v) is 13.3. The average molecular weight is 291 g/mol. The predicted molar refractivity (Wildman–Crippen MR) is 82.5 cm³/mol. The van der Waals surface area contributed by atoms with E-state index in [1.165, 1.54) is 22.7 Å². The second-order valence-electron chi connectivity index (χ2n) is 4.89. The van der Waals surface area contributed by atoms with Crippen LogP contribution in [0.15, 0.2) is 18.3 Å². The molecule has 1 atom stereocenters. The highest BCUT2D eigenvalue weighted by Crippen LogP contribution is 2.31. The van der Waals surface area contributed by atoms with Gasteiger partial charge in [0.05, 0.1) is 24.2 Å². The summed E-state index contributed by atoms with van der Waals surface area (Å²) in [6, 6.07) is 4.44. The van der Waals surface area contributed by atoms with Gasteiger partial charge in [-0.1, -0.05) is 17.5 Å². The van der Waals surface area contributed by atoms with Gasteiger partial charge in [-0.25, -0.2) is 0 Å². The number of ether oxygens (including phenoxy) is 1. The molecular weight excluding hydrogens is 270 g/mol. The first-order chi connectivity index (χ1) is 9.67. The lowest BCUT2D eigenvalue weighted by Gasteiger charge is -2.20. The summed E-state index contributed by atoms with van der Waals surface area (Å²) >= 11 is 1.45. The summed E-state index contributed by atoms with van der Waals surface area (Å²) in [7, 11) is 1.71. The highest BCUT2D eigenvalue weighted by Gasteiger charge is 2.19. The van der Waals surface area contributed by atoms with Crippen molar-refractivity contribution < 1.29 is 4.74 Å². The van der Waals surface area contributed by atoms with Gasteiger partial charge in [-0.15, -0.1) is 5.10 Å². The molecule has 1 aromatic carbocycles. The lowest BCUT2D eigenvalue weighted by Crippen LogP contribution is -2.23. The van der Waals surface area contributed by atoms with Gasteiger partial charge in [0.2, 0.25) is 0 Å². The van der Waals surface area contributed by atoms with Gasteiger partial charge in [0.25, 0.3) is 0 Å². The largest absolute Gasteiger partial charge is 0.496 e. The molecule has 1 unspecified atom stereocenters. The lowest BCUT2D eigenvalue weighted by molar-refractivity contribution is 0.411. The zero-order chi connectivity index (χ0) is 14.5. The van der Waals surface area contributed by atoms with Crippen molar-refractivity contribution in [2.75, 3.05) is 13.7 Å². The Morgan fingerprint density at radius 1 is 1.30 bits per heavy atom. The molecule has 4 nitrogen and oxygen atoms in total. The van der Waals surface area contributed by atoms with Gasteiger partial charge in [0.1, 0.15) is 5.75 Å². The first kappa shape index (κ1) is 14.9. The minimum absolute atomic E-state index is 0.152. The summed E-state index contributed by atoms with van der Waals surface area (Å²) in [6.07, 6.45) is 2.94. The molecule has 0 aliphatic carbocycles. The quantitative estimate of drug-likeness (QED) is 0.887. The zero-order valence-electron chi connectivity index (χ0n) is 12.4. The molecule has 0 radical (unpaired) electrons. The van der Waals surface area contributed by atoms with Gasteiger partial charge in [-0.05, 0) is 61.1 Å². The Bertz CT molecular complexity index is 554. The van der Waals surface area contributed by atoms with Crippen molar-refractivity contribution >= 4 is 11.5 Å². The molecule has 0 amide bonds. The maximum atomic E-state index is 5.39. The first-order valence-corrected chi connectivity index (χ1v) is 7.60. The lowest BCUT2D eigenvalue weighted by atomic mass is 9.97. The minimum atomic E-state index is 0.152. The normalized spacial score (nSPS) is 12.4. The summed E-state index contributed by atoms with van der Waals surface area (Å²) in [4.78, 5) is 1.14. The van der Waals surface area contributed by atoms with Crippen molar-refractivity contribution in [3.63, 3.8) is 0 Å². The number of benzene rings is 1. The highest BCUT2D eigenvalue weighted by atomic mass is 32.1. The number of aromatic nitrogens is 2. The van der Waals surface area contributed by atoms with Crippen LogP contribution in [-0.4, -0.2) is 23.2 Å². The Balaban J connectivity index is 2.40. The van der Waals surface area contributed by atoms with Gasteiger partial charge < -0.3 is 10.1 Å². The molecule has 5 heteroatoms. The van der Waals surface area contributed by atoms with Crippen molar-refractivity contribution in [1.82, 2.24) is 14.9 Å². The van der Waals surface area contributed by atoms with E-state index in [4.69, 9.17) is 4.74 Å². The van der Waals surface area contributed by atoms with Gasteiger partial charge in [0, 0.05) is 0 Å². The van der Waals surface area contributed by atoms with Crippen LogP contribution in [0, 0.1) is 13.8 Å². The Hall–Kier alpha value is -1.46. The maximum absolute atomic E-state index is 5.39. The fraction of sp³-hybridized carbons (Fsp3) is 0.467. The molecule has 1 heterocycles. The minimum Gasteiger partial charge on any atom is -0.496 e. The standard InChI is InChI=1S/C15H21N3OS/c1-5-6-16-15(14-9-17-18-20-14)12-7-11(3)13(19-4)8-10(12)2/h7-9,15-16H,5-6H2,1-4H3. The molecule has 1 aromatic heterocycles. The van der Waals surface area contributed by atoms with E-state index in [1.54, 1.807) is 7.11 Å². The number of rotatable bonds is 6. The van der Waals surface area contributed by atoms with Crippen molar-refractivity contribution in [2.24, 2.45) is 0 Å². The Morgan fingerprint density at radius 2 is 2.10 bits per heavy atom. The smallest absolute Gasteiger partial charge is 0.122 e. The van der Waals surface area contributed by atoms with Crippen LogP contribution in [0.3, 0.4) is 0 Å². The van der Waals surface area contributed by atoms with E-state index in [9.17, 15) is 0 Å². The van der Waals surface area contributed by atoms with Crippen LogP contribution >= 0.6 is 11.5 Å². The van der Waals surface area contributed by atoms with Crippen LogP contribution in [-0.2, 0) is 0 Å². The fourth-order valence-electron chi connectivity index (χ4n) is 2.30. The molecule has 2 rings (SSSR count). The maximum Gasteiger partial charge on any atom is 0.122 e. The van der Waals surface area contributed by atoms with Gasteiger partial charge in [0.15, 0.2) is 0 Å². The van der Waals surface area contributed by atoms with E-state index in [0.29, 0.717) is 0 Å². The second-order valence-corrected chi connectivity index (χ2v) is 5.70. The number of aryl methyl sites for hydroxylation is 2. The fourth-order valence-corrected chi connectivity index (χ4v) is 2.90. The summed E-state index contributed by atoms with van der Waals surface area (Å²) in [5.74, 6) is 0.933. The summed E-state index contributed by atoms with van der Waals surface area (Å²) in [5.41, 5.74) is 3.63. The molecule has 1 N–H and O–H groups in total. The van der Waals surface area contributed by atoms with E-state index in [0.717, 1.165) is 29.2 Å². The summed E-state index contributed by atoms with van der Waals surface area (Å²) in [5, 5.41) is 7.55. The van der Waals surface area contributed by atoms with Gasteiger partial charge >= 0.3 is 0 Å². The highest BCUT2D eigenvalue weighted by molar-refractivity contribution is 7.05. The van der Waals surface area contributed by atoms with Crippen LogP contribution in [0.1, 0.15) is 41.0 Å². The molecule has 0 aliphatic rings. The van der Waals surface area contributed by atoms with E-state index in [-0.39, 0.29) is 6.04 Å². The molecule has 0 saturated heterocycles. The van der Waals surface area contributed by atoms with Gasteiger partial charge in [-0.3, -0.25) is 0 Å². The first-order valence-electron chi connectivity index (χ1n) is 6.83. The third kappa shape index (κ3) is 3.16. The van der Waals surface area contributed by atoms with Crippen molar-refractivity contribution in [1.29, 1.82) is 0 Å². The van der Waals surface area contributed by atoms with Crippen LogP contribution in [0.2, 0.25) is 0 Å². The molecule has 108 valence electrons. The average Bonchev–Trinajstić information content (AvgIpc) is 2.96. The van der Waals surface area contributed by atoms with E-state index in [1.807, 2.05) is 6.20 Å². The number of methoxy groups -OCH3 is 1. The molecule has 0 fully saturated rings. The van der Waals surface area contributed by atoms with Crippen LogP contribution < -0.4 is 10.1 Å². The number of nitrogens with zero attached hydrogens (tertiary/aromatic N) is 2. The number of hydrogen-bond donors (Lipinski definition) is 1. The third-order valence-corrected chi connectivity index (χ3v) is 4.08. The van der Waals surface area contributed by atoms with Crippen LogP contribution in [0.5, 0.6) is 5.75 Å². The molecule has 0 spiro atoms. The van der Waals surface area contributed by atoms with E-state index >= 15 is 0 Å².